The molecule has 1 aromatic heterocycles. The fourth-order valence-corrected chi connectivity index (χ4v) is 2.86. The number of alkyl carbamates (subject to hydrolysis) is 1. The number of rotatable bonds is 1. The molecule has 7 heteroatoms. The number of likely N-dealkylation sites (tertiary alicyclic amines) is 1. The van der Waals surface area contributed by atoms with Gasteiger partial charge in [-0.05, 0) is 18.9 Å². The summed E-state index contributed by atoms with van der Waals surface area (Å²) in [6.45, 7) is 1.52. The molecule has 3 rings (SSSR count). The standard InChI is InChI=1S/C14H16FN3O3/c15-11-6-10(7-16-8-11)12(19)18-4-1-2-14(3-5-18)9-17-13(20)21-14/h6-8H,1-5,9H2,(H,17,20)/t14-/m0/s1. The zero-order valence-electron chi connectivity index (χ0n) is 11.5. The van der Waals surface area contributed by atoms with Gasteiger partial charge in [0, 0.05) is 25.7 Å². The Hall–Kier alpha value is -2.18. The van der Waals surface area contributed by atoms with Crippen LogP contribution < -0.4 is 5.32 Å². The number of halogens is 1. The maximum absolute atomic E-state index is 13.2. The van der Waals surface area contributed by atoms with Crippen LogP contribution in [0.2, 0.25) is 0 Å². The summed E-state index contributed by atoms with van der Waals surface area (Å²) in [7, 11) is 0. The SMILES string of the molecule is O=C1NC[C@@]2(CCCN(C(=O)c3cncc(F)c3)CC2)O1. The molecule has 0 radical (unpaired) electrons. The van der Waals surface area contributed by atoms with E-state index in [1.54, 1.807) is 4.90 Å². The van der Waals surface area contributed by atoms with Gasteiger partial charge < -0.3 is 15.0 Å². The second-order valence-electron chi connectivity index (χ2n) is 5.46. The number of ether oxygens (including phenoxy) is 1. The van der Waals surface area contributed by atoms with E-state index in [4.69, 9.17) is 4.74 Å². The number of carbonyl (C=O) groups is 2. The molecule has 0 saturated carbocycles. The summed E-state index contributed by atoms with van der Waals surface area (Å²) < 4.78 is 18.5. The highest BCUT2D eigenvalue weighted by atomic mass is 19.1. The lowest BCUT2D eigenvalue weighted by Gasteiger charge is -2.25. The highest BCUT2D eigenvalue weighted by Gasteiger charge is 2.41. The lowest BCUT2D eigenvalue weighted by atomic mass is 9.95. The first kappa shape index (κ1) is 13.8. The molecule has 6 nitrogen and oxygen atoms in total. The Bertz CT molecular complexity index is 580. The molecule has 1 aromatic rings. The van der Waals surface area contributed by atoms with Crippen molar-refractivity contribution in [3.05, 3.63) is 29.8 Å². The molecule has 2 saturated heterocycles. The molecule has 21 heavy (non-hydrogen) atoms. The van der Waals surface area contributed by atoms with Gasteiger partial charge in [0.25, 0.3) is 5.91 Å². The van der Waals surface area contributed by atoms with Gasteiger partial charge in [0.05, 0.1) is 18.3 Å². The van der Waals surface area contributed by atoms with Crippen molar-refractivity contribution in [1.82, 2.24) is 15.2 Å². The lowest BCUT2D eigenvalue weighted by Crippen LogP contribution is -2.36. The van der Waals surface area contributed by atoms with Crippen molar-refractivity contribution in [3.63, 3.8) is 0 Å². The van der Waals surface area contributed by atoms with Crippen LogP contribution in [0.3, 0.4) is 0 Å². The van der Waals surface area contributed by atoms with E-state index >= 15 is 0 Å². The van der Waals surface area contributed by atoms with Crippen LogP contribution in [0.15, 0.2) is 18.5 Å². The van der Waals surface area contributed by atoms with Crippen molar-refractivity contribution in [1.29, 1.82) is 0 Å². The molecule has 2 fully saturated rings. The van der Waals surface area contributed by atoms with Gasteiger partial charge in [-0.25, -0.2) is 9.18 Å². The van der Waals surface area contributed by atoms with Gasteiger partial charge in [0.15, 0.2) is 0 Å². The second-order valence-corrected chi connectivity index (χ2v) is 5.46. The van der Waals surface area contributed by atoms with E-state index in [0.29, 0.717) is 26.1 Å². The third-order valence-corrected chi connectivity index (χ3v) is 4.00. The topological polar surface area (TPSA) is 71.5 Å². The summed E-state index contributed by atoms with van der Waals surface area (Å²) in [5.41, 5.74) is -0.265. The van der Waals surface area contributed by atoms with Gasteiger partial charge in [0.1, 0.15) is 11.4 Å². The minimum Gasteiger partial charge on any atom is -0.441 e. The Morgan fingerprint density at radius 2 is 2.24 bits per heavy atom. The molecule has 0 aliphatic carbocycles. The van der Waals surface area contributed by atoms with E-state index in [9.17, 15) is 14.0 Å². The quantitative estimate of drug-likeness (QED) is 0.848. The number of carbonyl (C=O) groups excluding carboxylic acids is 2. The van der Waals surface area contributed by atoms with Gasteiger partial charge in [-0.2, -0.15) is 0 Å². The highest BCUT2D eigenvalue weighted by molar-refractivity contribution is 5.93. The Morgan fingerprint density at radius 1 is 1.38 bits per heavy atom. The van der Waals surface area contributed by atoms with Gasteiger partial charge in [-0.3, -0.25) is 9.78 Å². The molecular formula is C14H16FN3O3. The normalized spacial score (nSPS) is 25.4. The van der Waals surface area contributed by atoms with E-state index in [-0.39, 0.29) is 11.5 Å². The number of amides is 2. The molecule has 3 heterocycles. The number of aromatic nitrogens is 1. The van der Waals surface area contributed by atoms with Crippen molar-refractivity contribution in [2.75, 3.05) is 19.6 Å². The predicted octanol–water partition coefficient (Wildman–Crippen LogP) is 1.33. The van der Waals surface area contributed by atoms with Gasteiger partial charge in [-0.1, -0.05) is 0 Å². The van der Waals surface area contributed by atoms with E-state index in [2.05, 4.69) is 10.3 Å². The van der Waals surface area contributed by atoms with Crippen LogP contribution in [-0.4, -0.2) is 47.1 Å². The summed E-state index contributed by atoms with van der Waals surface area (Å²) in [4.78, 5) is 29.0. The minimum absolute atomic E-state index is 0.240. The number of hydrogen-bond acceptors (Lipinski definition) is 4. The van der Waals surface area contributed by atoms with Gasteiger partial charge >= 0.3 is 6.09 Å². The molecule has 2 aliphatic rings. The molecule has 2 amide bonds. The average Bonchev–Trinajstić information content (AvgIpc) is 2.70. The van der Waals surface area contributed by atoms with Crippen LogP contribution in [0, 0.1) is 5.82 Å². The van der Waals surface area contributed by atoms with Gasteiger partial charge in [0.2, 0.25) is 0 Å². The minimum atomic E-state index is -0.527. The van der Waals surface area contributed by atoms with Crippen molar-refractivity contribution in [2.24, 2.45) is 0 Å². The van der Waals surface area contributed by atoms with Crippen molar-refractivity contribution >= 4 is 12.0 Å². The largest absolute Gasteiger partial charge is 0.441 e. The summed E-state index contributed by atoms with van der Waals surface area (Å²) in [6.07, 6.45) is 4.07. The van der Waals surface area contributed by atoms with E-state index in [1.807, 2.05) is 0 Å². The number of nitrogens with one attached hydrogen (secondary N) is 1. The summed E-state index contributed by atoms with van der Waals surface area (Å²) in [6, 6.07) is 1.19. The molecule has 0 bridgehead atoms. The first-order valence-electron chi connectivity index (χ1n) is 6.95. The monoisotopic (exact) mass is 293 g/mol. The van der Waals surface area contributed by atoms with Crippen LogP contribution in [0.25, 0.3) is 0 Å². The number of nitrogens with zero attached hydrogens (tertiary/aromatic N) is 2. The van der Waals surface area contributed by atoms with Crippen LogP contribution in [0.4, 0.5) is 9.18 Å². The lowest BCUT2D eigenvalue weighted by molar-refractivity contribution is 0.0438. The van der Waals surface area contributed by atoms with Crippen molar-refractivity contribution in [2.45, 2.75) is 24.9 Å². The average molecular weight is 293 g/mol. The van der Waals surface area contributed by atoms with Crippen LogP contribution in [0.1, 0.15) is 29.6 Å². The predicted molar refractivity (Wildman–Crippen MR) is 71.2 cm³/mol. The van der Waals surface area contributed by atoms with E-state index in [1.165, 1.54) is 12.3 Å². The molecule has 1 atom stereocenters. The van der Waals surface area contributed by atoms with Crippen molar-refractivity contribution < 1.29 is 18.7 Å². The van der Waals surface area contributed by atoms with Crippen LogP contribution in [-0.2, 0) is 4.74 Å². The molecule has 1 N–H and O–H groups in total. The maximum Gasteiger partial charge on any atom is 0.407 e. The summed E-state index contributed by atoms with van der Waals surface area (Å²) in [5.74, 6) is -0.766. The smallest absolute Gasteiger partial charge is 0.407 e. The Kier molecular flexibility index (Phi) is 3.48. The highest BCUT2D eigenvalue weighted by Crippen LogP contribution is 2.29. The van der Waals surface area contributed by atoms with E-state index in [0.717, 1.165) is 19.0 Å². The second kappa shape index (κ2) is 5.31. The Morgan fingerprint density at radius 3 is 2.95 bits per heavy atom. The zero-order valence-corrected chi connectivity index (χ0v) is 11.5. The number of pyridine rings is 1. The first-order chi connectivity index (χ1) is 10.1. The maximum atomic E-state index is 13.2. The van der Waals surface area contributed by atoms with Crippen molar-refractivity contribution in [3.8, 4) is 0 Å². The van der Waals surface area contributed by atoms with Crippen LogP contribution in [0.5, 0.6) is 0 Å². The molecule has 0 unspecified atom stereocenters. The molecular weight excluding hydrogens is 277 g/mol. The third-order valence-electron chi connectivity index (χ3n) is 4.00. The summed E-state index contributed by atoms with van der Waals surface area (Å²) >= 11 is 0. The van der Waals surface area contributed by atoms with Crippen LogP contribution >= 0.6 is 0 Å². The fourth-order valence-electron chi connectivity index (χ4n) is 2.86. The molecule has 0 aromatic carbocycles. The molecule has 112 valence electrons. The first-order valence-corrected chi connectivity index (χ1v) is 6.95. The molecule has 1 spiro atoms. The fraction of sp³-hybridized carbons (Fsp3) is 0.500. The third kappa shape index (κ3) is 2.81. The zero-order chi connectivity index (χ0) is 14.9. The number of hydrogen-bond donors (Lipinski definition) is 1. The Labute approximate surface area is 121 Å². The Balaban J connectivity index is 1.70. The van der Waals surface area contributed by atoms with E-state index < -0.39 is 17.5 Å². The van der Waals surface area contributed by atoms with Gasteiger partial charge in [-0.15, -0.1) is 0 Å². The molecule has 2 aliphatic heterocycles. The summed E-state index contributed by atoms with van der Waals surface area (Å²) in [5, 5.41) is 2.67.